The van der Waals surface area contributed by atoms with E-state index in [1.165, 1.54) is 18.3 Å². The summed E-state index contributed by atoms with van der Waals surface area (Å²) in [4.78, 5) is 38.1. The van der Waals surface area contributed by atoms with Gasteiger partial charge in [0.25, 0.3) is 0 Å². The molecule has 24 heavy (non-hydrogen) atoms. The Morgan fingerprint density at radius 2 is 1.92 bits per heavy atom. The van der Waals surface area contributed by atoms with Crippen LogP contribution in [0.2, 0.25) is 0 Å². The molecule has 0 spiro atoms. The predicted molar refractivity (Wildman–Crippen MR) is 87.6 cm³/mol. The molecule has 132 valence electrons. The molecule has 1 N–H and O–H groups in total. The number of ether oxygens (including phenoxy) is 2. The maximum absolute atomic E-state index is 12.5. The van der Waals surface area contributed by atoms with Crippen molar-refractivity contribution in [3.05, 3.63) is 22.4 Å². The standard InChI is InChI=1S/C17H22O6S/c1-4-22-15(19)12-10(18)9-17(3,21)14(16(20)23-5-2)13(12)11-7-6-8-24-11/h6-8,12-14,21H,4-5,9H2,1-3H3/t12-,13-,14+,17-/m0/s1. The first-order valence-corrected chi connectivity index (χ1v) is 8.83. The Kier molecular flexibility index (Phi) is 5.77. The topological polar surface area (TPSA) is 89.9 Å². The van der Waals surface area contributed by atoms with Crippen LogP contribution in [0.15, 0.2) is 17.5 Å². The van der Waals surface area contributed by atoms with E-state index in [9.17, 15) is 19.5 Å². The lowest BCUT2D eigenvalue weighted by molar-refractivity contribution is -0.172. The Hall–Kier alpha value is -1.73. The molecule has 0 radical (unpaired) electrons. The number of Topliss-reactive ketones (excluding diaryl/α,β-unsaturated/α-hetero) is 1. The highest BCUT2D eigenvalue weighted by molar-refractivity contribution is 7.10. The molecular weight excluding hydrogens is 332 g/mol. The van der Waals surface area contributed by atoms with Crippen LogP contribution in [0, 0.1) is 11.8 Å². The van der Waals surface area contributed by atoms with Gasteiger partial charge in [0, 0.05) is 17.2 Å². The molecular formula is C17H22O6S. The quantitative estimate of drug-likeness (QED) is 0.642. The fraction of sp³-hybridized carbons (Fsp3) is 0.588. The molecule has 2 rings (SSSR count). The Labute approximate surface area is 144 Å². The van der Waals surface area contributed by atoms with Crippen LogP contribution in [0.1, 0.15) is 38.0 Å². The van der Waals surface area contributed by atoms with E-state index in [0.29, 0.717) is 4.88 Å². The maximum atomic E-state index is 12.5. The summed E-state index contributed by atoms with van der Waals surface area (Å²) in [6, 6.07) is 3.53. The average molecular weight is 354 g/mol. The van der Waals surface area contributed by atoms with E-state index in [1.807, 2.05) is 0 Å². The van der Waals surface area contributed by atoms with Crippen LogP contribution in [0.3, 0.4) is 0 Å². The Morgan fingerprint density at radius 1 is 1.29 bits per heavy atom. The largest absolute Gasteiger partial charge is 0.466 e. The number of aliphatic hydroxyl groups is 1. The van der Waals surface area contributed by atoms with Crippen molar-refractivity contribution < 1.29 is 29.0 Å². The van der Waals surface area contributed by atoms with E-state index in [1.54, 1.807) is 31.4 Å². The second kappa shape index (κ2) is 7.44. The number of thiophene rings is 1. The molecule has 6 nitrogen and oxygen atoms in total. The number of esters is 2. The lowest BCUT2D eigenvalue weighted by atomic mass is 9.63. The minimum Gasteiger partial charge on any atom is -0.466 e. The van der Waals surface area contributed by atoms with Crippen LogP contribution in [0.5, 0.6) is 0 Å². The van der Waals surface area contributed by atoms with Crippen molar-refractivity contribution in [2.24, 2.45) is 11.8 Å². The van der Waals surface area contributed by atoms with E-state index < -0.39 is 41.1 Å². The molecule has 7 heteroatoms. The third-order valence-corrected chi connectivity index (χ3v) is 5.19. The number of carbonyl (C=O) groups excluding carboxylic acids is 3. The summed E-state index contributed by atoms with van der Waals surface area (Å²) >= 11 is 1.33. The zero-order valence-electron chi connectivity index (χ0n) is 14.0. The van der Waals surface area contributed by atoms with Gasteiger partial charge in [-0.25, -0.2) is 0 Å². The third kappa shape index (κ3) is 3.52. The maximum Gasteiger partial charge on any atom is 0.317 e. The van der Waals surface area contributed by atoms with Gasteiger partial charge in [-0.2, -0.15) is 0 Å². The first-order valence-electron chi connectivity index (χ1n) is 7.95. The monoisotopic (exact) mass is 354 g/mol. The second-order valence-corrected chi connectivity index (χ2v) is 6.98. The molecule has 1 aliphatic carbocycles. The number of rotatable bonds is 5. The molecule has 4 atom stereocenters. The average Bonchev–Trinajstić information content (AvgIpc) is 2.99. The van der Waals surface area contributed by atoms with Gasteiger partial charge in [0.1, 0.15) is 5.92 Å². The highest BCUT2D eigenvalue weighted by atomic mass is 32.1. The summed E-state index contributed by atoms with van der Waals surface area (Å²) < 4.78 is 10.2. The first kappa shape index (κ1) is 18.6. The first-order chi connectivity index (χ1) is 11.3. The van der Waals surface area contributed by atoms with Gasteiger partial charge in [0.15, 0.2) is 5.78 Å². The number of hydrogen-bond acceptors (Lipinski definition) is 7. The number of carbonyl (C=O) groups is 3. The van der Waals surface area contributed by atoms with Gasteiger partial charge in [-0.1, -0.05) is 6.07 Å². The molecule has 0 aliphatic heterocycles. The van der Waals surface area contributed by atoms with E-state index in [0.717, 1.165) is 0 Å². The van der Waals surface area contributed by atoms with E-state index in [-0.39, 0.29) is 19.6 Å². The van der Waals surface area contributed by atoms with Crippen LogP contribution in [0.4, 0.5) is 0 Å². The highest BCUT2D eigenvalue weighted by Gasteiger charge is 2.57. The Bertz CT molecular complexity index is 607. The predicted octanol–water partition coefficient (Wildman–Crippen LogP) is 1.91. The zero-order chi connectivity index (χ0) is 17.9. The zero-order valence-corrected chi connectivity index (χ0v) is 14.8. The van der Waals surface area contributed by atoms with Crippen LogP contribution in [-0.2, 0) is 23.9 Å². The van der Waals surface area contributed by atoms with Crippen molar-refractivity contribution in [3.63, 3.8) is 0 Å². The molecule has 0 aromatic carbocycles. The summed E-state index contributed by atoms with van der Waals surface area (Å²) in [6.07, 6.45) is -0.290. The lowest BCUT2D eigenvalue weighted by Gasteiger charge is -2.43. The van der Waals surface area contributed by atoms with Crippen molar-refractivity contribution >= 4 is 29.1 Å². The summed E-state index contributed by atoms with van der Waals surface area (Å²) in [5.74, 6) is -4.61. The van der Waals surface area contributed by atoms with Crippen molar-refractivity contribution in [2.45, 2.75) is 38.7 Å². The highest BCUT2D eigenvalue weighted by Crippen LogP contribution is 2.47. The Morgan fingerprint density at radius 3 is 2.46 bits per heavy atom. The molecule has 0 bridgehead atoms. The van der Waals surface area contributed by atoms with E-state index in [4.69, 9.17) is 9.47 Å². The summed E-state index contributed by atoms with van der Waals surface area (Å²) in [6.45, 7) is 5.06. The molecule has 1 heterocycles. The van der Waals surface area contributed by atoms with Gasteiger partial charge in [0.05, 0.1) is 24.7 Å². The van der Waals surface area contributed by atoms with Crippen molar-refractivity contribution in [1.29, 1.82) is 0 Å². The molecule has 1 fully saturated rings. The smallest absolute Gasteiger partial charge is 0.317 e. The summed E-state index contributed by atoms with van der Waals surface area (Å²) in [7, 11) is 0. The molecule has 1 aromatic rings. The van der Waals surface area contributed by atoms with E-state index in [2.05, 4.69) is 0 Å². The normalized spacial score (nSPS) is 30.0. The molecule has 1 aliphatic rings. The van der Waals surface area contributed by atoms with Crippen LogP contribution < -0.4 is 0 Å². The second-order valence-electron chi connectivity index (χ2n) is 6.00. The van der Waals surface area contributed by atoms with Gasteiger partial charge >= 0.3 is 11.9 Å². The molecule has 1 saturated carbocycles. The fourth-order valence-electron chi connectivity index (χ4n) is 3.30. The fourth-order valence-corrected chi connectivity index (χ4v) is 4.21. The van der Waals surface area contributed by atoms with Gasteiger partial charge in [0.2, 0.25) is 0 Å². The Balaban J connectivity index is 2.53. The number of hydrogen-bond donors (Lipinski definition) is 1. The summed E-state index contributed by atoms with van der Waals surface area (Å²) in [5, 5.41) is 12.5. The van der Waals surface area contributed by atoms with Gasteiger partial charge in [-0.05, 0) is 32.2 Å². The van der Waals surface area contributed by atoms with Gasteiger partial charge in [-0.15, -0.1) is 11.3 Å². The van der Waals surface area contributed by atoms with Crippen LogP contribution in [-0.4, -0.2) is 41.6 Å². The molecule has 0 unspecified atom stereocenters. The van der Waals surface area contributed by atoms with Gasteiger partial charge in [-0.3, -0.25) is 14.4 Å². The van der Waals surface area contributed by atoms with Crippen molar-refractivity contribution in [3.8, 4) is 0 Å². The lowest BCUT2D eigenvalue weighted by Crippen LogP contribution is -2.55. The molecule has 0 saturated heterocycles. The molecule has 0 amide bonds. The third-order valence-electron chi connectivity index (χ3n) is 4.22. The summed E-state index contributed by atoms with van der Waals surface area (Å²) in [5.41, 5.74) is -1.58. The number of ketones is 1. The van der Waals surface area contributed by atoms with Crippen LogP contribution >= 0.6 is 11.3 Å². The van der Waals surface area contributed by atoms with Crippen molar-refractivity contribution in [1.82, 2.24) is 0 Å². The minimum atomic E-state index is -1.58. The SMILES string of the molecule is CCOC(=O)[C@H]1C(=O)C[C@](C)(O)[C@@H](C(=O)OCC)[C@H]1c1cccs1. The minimum absolute atomic E-state index is 0.139. The van der Waals surface area contributed by atoms with Gasteiger partial charge < -0.3 is 14.6 Å². The van der Waals surface area contributed by atoms with Crippen LogP contribution in [0.25, 0.3) is 0 Å². The molecule has 1 aromatic heterocycles. The van der Waals surface area contributed by atoms with E-state index >= 15 is 0 Å². The van der Waals surface area contributed by atoms with Crippen molar-refractivity contribution in [2.75, 3.05) is 13.2 Å².